The summed E-state index contributed by atoms with van der Waals surface area (Å²) >= 11 is 0. The topological polar surface area (TPSA) is 60.7 Å². The van der Waals surface area contributed by atoms with Gasteiger partial charge in [-0.05, 0) is 79.8 Å². The molecule has 1 saturated carbocycles. The van der Waals surface area contributed by atoms with Gasteiger partial charge in [0.1, 0.15) is 12.4 Å². The van der Waals surface area contributed by atoms with Crippen LogP contribution in [-0.4, -0.2) is 89.9 Å². The summed E-state index contributed by atoms with van der Waals surface area (Å²) in [5.41, 5.74) is 5.65. The molecule has 4 fully saturated rings. The lowest BCUT2D eigenvalue weighted by Crippen LogP contribution is -2.66. The highest BCUT2D eigenvalue weighted by molar-refractivity contribution is 6.01. The molecule has 1 aromatic rings. The molecule has 1 amide bonds. The minimum Gasteiger partial charge on any atom is -0.462 e. The van der Waals surface area contributed by atoms with Crippen molar-refractivity contribution in [2.75, 3.05) is 33.3 Å². The number of amides is 1. The smallest absolute Gasteiger partial charge is 0.314 e. The summed E-state index contributed by atoms with van der Waals surface area (Å²) in [6.45, 7) is 6.09. The van der Waals surface area contributed by atoms with Gasteiger partial charge in [-0.25, -0.2) is 9.38 Å². The van der Waals surface area contributed by atoms with E-state index in [0.29, 0.717) is 31.8 Å². The van der Waals surface area contributed by atoms with Gasteiger partial charge in [0, 0.05) is 19.1 Å². The number of hydrogen-bond acceptors (Lipinski definition) is 6. The third-order valence-electron chi connectivity index (χ3n) is 10.4. The molecule has 8 rings (SSSR count). The predicted molar refractivity (Wildman–Crippen MR) is 153 cm³/mol. The van der Waals surface area contributed by atoms with Gasteiger partial charge in [-0.2, -0.15) is 4.99 Å². The van der Waals surface area contributed by atoms with Gasteiger partial charge in [0.05, 0.1) is 24.0 Å². The minimum absolute atomic E-state index is 0.00594. The Kier molecular flexibility index (Phi) is 5.60. The van der Waals surface area contributed by atoms with Crippen molar-refractivity contribution in [2.24, 2.45) is 21.8 Å². The number of likely N-dealkylation sites (N-methyl/N-ethyl adjacent to an activating group) is 1. The number of likely N-dealkylation sites (tertiary alicyclic amines) is 3. The lowest BCUT2D eigenvalue weighted by atomic mass is 9.83. The number of amidine groups is 2. The van der Waals surface area contributed by atoms with E-state index in [9.17, 15) is 9.18 Å². The number of carbonyl (C=O) groups excluding carboxylic acids is 1. The summed E-state index contributed by atoms with van der Waals surface area (Å²) in [4.78, 5) is 28.7. The molecule has 3 saturated heterocycles. The van der Waals surface area contributed by atoms with Crippen LogP contribution >= 0.6 is 0 Å². The summed E-state index contributed by atoms with van der Waals surface area (Å²) in [5.74, 6) is 1.06. The van der Waals surface area contributed by atoms with Crippen molar-refractivity contribution >= 4 is 23.3 Å². The van der Waals surface area contributed by atoms with Crippen LogP contribution < -0.4 is 0 Å². The summed E-state index contributed by atoms with van der Waals surface area (Å²) in [6, 6.07) is 7.63. The molecule has 208 valence electrons. The lowest BCUT2D eigenvalue weighted by Gasteiger charge is -2.50. The third kappa shape index (κ3) is 3.82. The maximum absolute atomic E-state index is 13.6. The van der Waals surface area contributed by atoms with Gasteiger partial charge >= 0.3 is 6.02 Å². The van der Waals surface area contributed by atoms with Crippen LogP contribution in [0.5, 0.6) is 0 Å². The zero-order chi connectivity index (χ0) is 27.1. The zero-order valence-corrected chi connectivity index (χ0v) is 23.0. The average Bonchev–Trinajstić information content (AvgIpc) is 3.23. The Hall–Kier alpha value is -3.26. The Bertz CT molecular complexity index is 1410. The molecule has 1 aromatic carbocycles. The van der Waals surface area contributed by atoms with Crippen LogP contribution in [0, 0.1) is 11.8 Å². The van der Waals surface area contributed by atoms with E-state index in [-0.39, 0.29) is 24.0 Å². The number of allylic oxidation sites excluding steroid dienone is 2. The fourth-order valence-corrected chi connectivity index (χ4v) is 8.10. The Labute approximate surface area is 234 Å². The first-order chi connectivity index (χ1) is 19.5. The first kappa shape index (κ1) is 24.5. The Morgan fingerprint density at radius 3 is 2.95 bits per heavy atom. The summed E-state index contributed by atoms with van der Waals surface area (Å²) in [7, 11) is 2.15. The maximum Gasteiger partial charge on any atom is 0.314 e. The monoisotopic (exact) mass is 541 g/mol. The number of carbonyl (C=O) groups is 1. The molecule has 0 aromatic heterocycles. The van der Waals surface area contributed by atoms with E-state index >= 15 is 0 Å². The number of rotatable bonds is 4. The van der Waals surface area contributed by atoms with Gasteiger partial charge in [0.25, 0.3) is 5.91 Å². The number of benzene rings is 1. The van der Waals surface area contributed by atoms with E-state index < -0.39 is 11.7 Å². The molecule has 7 atom stereocenters. The van der Waals surface area contributed by atoms with Crippen molar-refractivity contribution < 1.29 is 13.9 Å². The molecule has 3 aliphatic carbocycles. The number of hydrogen-bond donors (Lipinski definition) is 0. The molecule has 0 N–H and O–H groups in total. The molecule has 7 aliphatic rings. The normalized spacial score (nSPS) is 35.1. The van der Waals surface area contributed by atoms with Crippen molar-refractivity contribution in [3.8, 4) is 0 Å². The standard InChI is InChI=1S/C32H36FN5O2/c1-18(33)31(39)37-12-10-27-28(37)16-38(27)30-24-9-8-19(23-7-3-5-20-13-21-14-25(21)29(20)23)15-26(24)34-32(35-30)40-17-22-6-4-11-36(22)2/h3,5,7-9,15,21-22,24-28H,1,4,6,10-14,16-17H2,2H3/t21?,22-,24?,25?,26?,27+,28+/m0/s1. The van der Waals surface area contributed by atoms with E-state index in [4.69, 9.17) is 14.7 Å². The SMILES string of the molecule is C=C(F)C(=O)N1CC[C@@H]2[C@H]1CN2C1=NC(OC[C@@H]2CCCN2C)=NC2C=C(c3cccc4c3C3CC3C4)C=CC12. The quantitative estimate of drug-likeness (QED) is 0.542. The average molecular weight is 542 g/mol. The Balaban J connectivity index is 1.08. The van der Waals surface area contributed by atoms with E-state index in [1.807, 2.05) is 0 Å². The van der Waals surface area contributed by atoms with E-state index in [1.54, 1.807) is 10.5 Å². The van der Waals surface area contributed by atoms with Gasteiger partial charge in [-0.1, -0.05) is 43.0 Å². The second kappa shape index (κ2) is 9.13. The van der Waals surface area contributed by atoms with Crippen molar-refractivity contribution in [3.63, 3.8) is 0 Å². The minimum atomic E-state index is -0.883. The molecule has 0 spiro atoms. The van der Waals surface area contributed by atoms with Crippen LogP contribution in [0.4, 0.5) is 4.39 Å². The fourth-order valence-electron chi connectivity index (χ4n) is 8.10. The van der Waals surface area contributed by atoms with E-state index in [2.05, 4.69) is 59.9 Å². The number of ether oxygens (including phenoxy) is 1. The van der Waals surface area contributed by atoms with Crippen LogP contribution in [0.2, 0.25) is 0 Å². The van der Waals surface area contributed by atoms with Crippen molar-refractivity contribution in [1.82, 2.24) is 14.7 Å². The van der Waals surface area contributed by atoms with Crippen LogP contribution in [-0.2, 0) is 16.0 Å². The molecular formula is C32H36FN5O2. The summed E-state index contributed by atoms with van der Waals surface area (Å²) < 4.78 is 19.9. The molecule has 4 aliphatic heterocycles. The lowest BCUT2D eigenvalue weighted by molar-refractivity contribution is -0.131. The number of aliphatic imine (C=N–C) groups is 2. The summed E-state index contributed by atoms with van der Waals surface area (Å²) in [6.07, 6.45) is 12.5. The van der Waals surface area contributed by atoms with E-state index in [1.165, 1.54) is 36.0 Å². The van der Waals surface area contributed by atoms with Gasteiger partial charge in [-0.15, -0.1) is 0 Å². The Morgan fingerprint density at radius 1 is 1.23 bits per heavy atom. The first-order valence-electron chi connectivity index (χ1n) is 14.9. The zero-order valence-electron chi connectivity index (χ0n) is 23.0. The van der Waals surface area contributed by atoms with Crippen LogP contribution in [0.1, 0.15) is 48.3 Å². The number of fused-ring (bicyclic) bond motifs is 5. The van der Waals surface area contributed by atoms with Crippen LogP contribution in [0.3, 0.4) is 0 Å². The highest BCUT2D eigenvalue weighted by Gasteiger charge is 2.52. The maximum atomic E-state index is 13.6. The number of halogens is 1. The fraction of sp³-hybridized carbons (Fsp3) is 0.531. The van der Waals surface area contributed by atoms with E-state index in [0.717, 1.165) is 37.1 Å². The molecule has 4 heterocycles. The molecule has 40 heavy (non-hydrogen) atoms. The van der Waals surface area contributed by atoms with Gasteiger partial charge in [0.2, 0.25) is 0 Å². The van der Waals surface area contributed by atoms with Crippen molar-refractivity contribution in [2.45, 2.75) is 62.2 Å². The van der Waals surface area contributed by atoms with Crippen LogP contribution in [0.15, 0.2) is 58.8 Å². The number of nitrogens with zero attached hydrogens (tertiary/aromatic N) is 5. The molecular weight excluding hydrogens is 505 g/mol. The molecule has 4 unspecified atom stereocenters. The van der Waals surface area contributed by atoms with Gasteiger partial charge in [0.15, 0.2) is 5.83 Å². The second-order valence-electron chi connectivity index (χ2n) is 12.6. The second-order valence-corrected chi connectivity index (χ2v) is 12.6. The van der Waals surface area contributed by atoms with Gasteiger partial charge in [-0.3, -0.25) is 4.79 Å². The third-order valence-corrected chi connectivity index (χ3v) is 10.4. The largest absolute Gasteiger partial charge is 0.462 e. The van der Waals surface area contributed by atoms with Crippen molar-refractivity contribution in [1.29, 1.82) is 0 Å². The summed E-state index contributed by atoms with van der Waals surface area (Å²) in [5, 5.41) is 0. The molecule has 0 radical (unpaired) electrons. The first-order valence-corrected chi connectivity index (χ1v) is 14.9. The predicted octanol–water partition coefficient (Wildman–Crippen LogP) is 3.93. The molecule has 0 bridgehead atoms. The highest BCUT2D eigenvalue weighted by atomic mass is 19.1. The molecule has 8 heteroatoms. The Morgan fingerprint density at radius 2 is 2.12 bits per heavy atom. The van der Waals surface area contributed by atoms with Crippen molar-refractivity contribution in [3.05, 3.63) is 65.5 Å². The van der Waals surface area contributed by atoms with Crippen LogP contribution in [0.25, 0.3) is 5.57 Å². The van der Waals surface area contributed by atoms with Gasteiger partial charge < -0.3 is 19.4 Å². The highest BCUT2D eigenvalue weighted by Crippen LogP contribution is 2.58. The molecule has 7 nitrogen and oxygen atoms in total.